The fourth-order valence-electron chi connectivity index (χ4n) is 7.65. The van der Waals surface area contributed by atoms with Crippen LogP contribution in [0.25, 0.3) is 0 Å². The predicted octanol–water partition coefficient (Wildman–Crippen LogP) is 2.64. The van der Waals surface area contributed by atoms with Crippen LogP contribution in [-0.2, 0) is 22.7 Å². The summed E-state index contributed by atoms with van der Waals surface area (Å²) in [5.41, 5.74) is 2.48. The number of nitrogens with zero attached hydrogens (tertiary/aromatic N) is 4. The van der Waals surface area contributed by atoms with E-state index in [0.29, 0.717) is 55.8 Å². The predicted molar refractivity (Wildman–Crippen MR) is 149 cm³/mol. The molecule has 2 saturated heterocycles. The first-order chi connectivity index (χ1) is 18.9. The molecule has 0 radical (unpaired) electrons. The van der Waals surface area contributed by atoms with Gasteiger partial charge in [0.05, 0.1) is 0 Å². The van der Waals surface area contributed by atoms with Crippen LogP contribution in [0.3, 0.4) is 0 Å². The molecule has 4 aliphatic rings. The van der Waals surface area contributed by atoms with E-state index in [1.54, 1.807) is 12.1 Å². The molecule has 4 aliphatic heterocycles. The molecule has 0 spiro atoms. The van der Waals surface area contributed by atoms with Gasteiger partial charge in [-0.2, -0.15) is 0 Å². The van der Waals surface area contributed by atoms with E-state index in [2.05, 4.69) is 21.9 Å². The van der Waals surface area contributed by atoms with Crippen molar-refractivity contribution in [1.82, 2.24) is 18.9 Å². The topological polar surface area (TPSA) is 84.6 Å². The van der Waals surface area contributed by atoms with Gasteiger partial charge in [-0.25, -0.2) is 0 Å². The zero-order valence-electron chi connectivity index (χ0n) is 22.8. The number of Topliss-reactive ketones (excluding diaryl/α,β-unsaturated/α-hetero) is 2. The van der Waals surface area contributed by atoms with E-state index in [1.807, 2.05) is 21.3 Å². The number of rotatable bonds is 10. The highest BCUT2D eigenvalue weighted by molar-refractivity contribution is 5.81. The van der Waals surface area contributed by atoms with Gasteiger partial charge in [0.2, 0.25) is 0 Å². The summed E-state index contributed by atoms with van der Waals surface area (Å²) in [4.78, 5) is 54.4. The van der Waals surface area contributed by atoms with Gasteiger partial charge < -0.3 is 18.9 Å². The number of piperidine rings is 2. The zero-order chi connectivity index (χ0) is 26.9. The Balaban J connectivity index is 0.892. The van der Waals surface area contributed by atoms with Crippen LogP contribution in [-0.4, -0.2) is 69.8 Å². The summed E-state index contributed by atoms with van der Waals surface area (Å²) >= 11 is 0. The fourth-order valence-corrected chi connectivity index (χ4v) is 7.65. The Hall–Kier alpha value is -2.84. The molecule has 6 heterocycles. The van der Waals surface area contributed by atoms with Crippen molar-refractivity contribution >= 4 is 11.6 Å². The Morgan fingerprint density at radius 3 is 1.54 bits per heavy atom. The quantitative estimate of drug-likeness (QED) is 0.468. The maximum Gasteiger partial charge on any atom is 0.250 e. The van der Waals surface area contributed by atoms with Crippen LogP contribution in [0.4, 0.5) is 0 Å². The van der Waals surface area contributed by atoms with Crippen molar-refractivity contribution in [2.75, 3.05) is 39.3 Å². The minimum Gasteiger partial charge on any atom is -0.312 e. The van der Waals surface area contributed by atoms with E-state index in [-0.39, 0.29) is 22.7 Å². The molecule has 2 fully saturated rings. The number of ketones is 2. The molecule has 0 unspecified atom stereocenters. The third-order valence-corrected chi connectivity index (χ3v) is 9.44. The molecule has 2 aromatic rings. The molecule has 208 valence electrons. The Morgan fingerprint density at radius 1 is 0.615 bits per heavy atom. The second-order valence-corrected chi connectivity index (χ2v) is 12.3. The summed E-state index contributed by atoms with van der Waals surface area (Å²) in [6.07, 6.45) is 4.92. The maximum absolute atomic E-state index is 12.6. The van der Waals surface area contributed by atoms with Gasteiger partial charge in [0.15, 0.2) is 0 Å². The average molecular weight is 533 g/mol. The zero-order valence-corrected chi connectivity index (χ0v) is 22.8. The van der Waals surface area contributed by atoms with E-state index in [4.69, 9.17) is 0 Å². The molecule has 4 bridgehead atoms. The summed E-state index contributed by atoms with van der Waals surface area (Å²) in [6, 6.07) is 11.2. The summed E-state index contributed by atoms with van der Waals surface area (Å²) in [5, 5.41) is 0. The number of carbonyl (C=O) groups is 2. The second kappa shape index (κ2) is 11.3. The second-order valence-electron chi connectivity index (χ2n) is 12.3. The molecule has 0 aliphatic carbocycles. The van der Waals surface area contributed by atoms with Crippen molar-refractivity contribution in [2.24, 2.45) is 11.8 Å². The third-order valence-electron chi connectivity index (χ3n) is 9.44. The van der Waals surface area contributed by atoms with Crippen LogP contribution in [0.1, 0.15) is 68.2 Å². The van der Waals surface area contributed by atoms with Crippen molar-refractivity contribution in [3.8, 4) is 0 Å². The highest BCUT2D eigenvalue weighted by Gasteiger charge is 2.35. The minimum atomic E-state index is 0.0997. The summed E-state index contributed by atoms with van der Waals surface area (Å²) in [6.45, 7) is 6.81. The van der Waals surface area contributed by atoms with Gasteiger partial charge in [-0.1, -0.05) is 12.1 Å². The molecular formula is C31H40N4O4. The van der Waals surface area contributed by atoms with Gasteiger partial charge in [0.25, 0.3) is 11.1 Å². The highest BCUT2D eigenvalue weighted by Crippen LogP contribution is 2.36. The van der Waals surface area contributed by atoms with Crippen LogP contribution < -0.4 is 11.1 Å². The first-order valence-corrected chi connectivity index (χ1v) is 14.8. The highest BCUT2D eigenvalue weighted by atomic mass is 16.1. The van der Waals surface area contributed by atoms with Crippen LogP contribution in [0, 0.1) is 11.8 Å². The largest absolute Gasteiger partial charge is 0.312 e. The van der Waals surface area contributed by atoms with Gasteiger partial charge >= 0.3 is 0 Å². The first-order valence-electron chi connectivity index (χ1n) is 14.8. The molecule has 0 saturated carbocycles. The van der Waals surface area contributed by atoms with E-state index in [9.17, 15) is 19.2 Å². The molecule has 0 aromatic carbocycles. The molecule has 4 atom stereocenters. The summed E-state index contributed by atoms with van der Waals surface area (Å²) in [7, 11) is 0. The standard InChI is InChI=1S/C31H40N4O4/c36-26(10-12-32-16-22-14-24(20-32)28-6-2-8-30(38)34(28)18-22)4-1-5-27(37)11-13-33-17-23-15-25(21-33)29-7-3-9-31(39)35(29)19-23/h2-3,6-9,22-25H,1,4-5,10-21H2/t22-,23+,24-,25-/m0/s1. The lowest BCUT2D eigenvalue weighted by Crippen LogP contribution is -2.47. The number of pyridine rings is 2. The molecule has 8 nitrogen and oxygen atoms in total. The average Bonchev–Trinajstić information content (AvgIpc) is 2.92. The van der Waals surface area contributed by atoms with Gasteiger partial charge in [-0.3, -0.25) is 19.2 Å². The molecular weight excluding hydrogens is 492 g/mol. The van der Waals surface area contributed by atoms with Crippen LogP contribution in [0.5, 0.6) is 0 Å². The molecule has 6 rings (SSSR count). The maximum atomic E-state index is 12.6. The SMILES string of the molecule is O=C(CCCC(=O)CCN1C[C@@H]2C[C@@H](C1)c1cccc(=O)n1C2)CCN1C[C@H]2C[C@@H](C1)c1cccc(=O)n1C2. The van der Waals surface area contributed by atoms with Gasteiger partial charge in [-0.05, 0) is 43.2 Å². The van der Waals surface area contributed by atoms with Crippen molar-refractivity contribution in [2.45, 2.75) is 69.9 Å². The van der Waals surface area contributed by atoms with Gasteiger partial charge in [0, 0.05) is 113 Å². The Bertz CT molecular complexity index is 1250. The molecule has 39 heavy (non-hydrogen) atoms. The third kappa shape index (κ3) is 5.87. The van der Waals surface area contributed by atoms with E-state index >= 15 is 0 Å². The lowest BCUT2D eigenvalue weighted by atomic mass is 9.83. The molecule has 2 aromatic heterocycles. The Kier molecular flexibility index (Phi) is 7.67. The van der Waals surface area contributed by atoms with Crippen molar-refractivity contribution < 1.29 is 9.59 Å². The number of fused-ring (bicyclic) bond motifs is 8. The number of hydrogen-bond acceptors (Lipinski definition) is 6. The van der Waals surface area contributed by atoms with Crippen LogP contribution >= 0.6 is 0 Å². The minimum absolute atomic E-state index is 0.0997. The van der Waals surface area contributed by atoms with Crippen LogP contribution in [0.2, 0.25) is 0 Å². The Labute approximate surface area is 229 Å². The van der Waals surface area contributed by atoms with Gasteiger partial charge in [0.1, 0.15) is 11.6 Å². The van der Waals surface area contributed by atoms with E-state index in [0.717, 1.165) is 76.6 Å². The van der Waals surface area contributed by atoms with E-state index in [1.165, 1.54) is 0 Å². The summed E-state index contributed by atoms with van der Waals surface area (Å²) < 4.78 is 3.88. The van der Waals surface area contributed by atoms with Crippen molar-refractivity contribution in [1.29, 1.82) is 0 Å². The van der Waals surface area contributed by atoms with Gasteiger partial charge in [-0.15, -0.1) is 0 Å². The lowest BCUT2D eigenvalue weighted by molar-refractivity contribution is -0.120. The number of hydrogen-bond donors (Lipinski definition) is 0. The smallest absolute Gasteiger partial charge is 0.250 e. The molecule has 0 amide bonds. The molecule has 8 heteroatoms. The monoisotopic (exact) mass is 532 g/mol. The van der Waals surface area contributed by atoms with Crippen LogP contribution in [0.15, 0.2) is 46.0 Å². The Morgan fingerprint density at radius 2 is 1.08 bits per heavy atom. The fraction of sp³-hybridized carbons (Fsp3) is 0.613. The normalized spacial score (nSPS) is 26.1. The number of likely N-dealkylation sites (tertiary alicyclic amines) is 2. The number of carbonyl (C=O) groups excluding carboxylic acids is 2. The summed E-state index contributed by atoms with van der Waals surface area (Å²) in [5.74, 6) is 2.18. The first kappa shape index (κ1) is 26.4. The van der Waals surface area contributed by atoms with E-state index < -0.39 is 0 Å². The number of aromatic nitrogens is 2. The lowest BCUT2D eigenvalue weighted by Gasteiger charge is -2.42. The molecule has 0 N–H and O–H groups in total. The van der Waals surface area contributed by atoms with Crippen molar-refractivity contribution in [3.05, 3.63) is 68.5 Å². The van der Waals surface area contributed by atoms with Crippen molar-refractivity contribution in [3.63, 3.8) is 0 Å².